The Morgan fingerprint density at radius 1 is 1.08 bits per heavy atom. The van der Waals surface area contributed by atoms with Crippen LogP contribution in [0.4, 0.5) is 4.79 Å². The highest BCUT2D eigenvalue weighted by Gasteiger charge is 1.92. The summed E-state index contributed by atoms with van der Waals surface area (Å²) in [6, 6.07) is -0.411. The van der Waals surface area contributed by atoms with Crippen molar-refractivity contribution in [2.75, 3.05) is 6.54 Å². The highest BCUT2D eigenvalue weighted by atomic mass is 16.2. The lowest BCUT2D eigenvalue weighted by molar-refractivity contribution is 0.248. The summed E-state index contributed by atoms with van der Waals surface area (Å²) >= 11 is 0. The van der Waals surface area contributed by atoms with E-state index in [0.717, 1.165) is 13.0 Å². The third-order valence-electron chi connectivity index (χ3n) is 2.08. The first-order chi connectivity index (χ1) is 6.27. The second kappa shape index (κ2) is 9.36. The largest absolute Gasteiger partial charge is 0.352 e. The number of primary amides is 1. The van der Waals surface area contributed by atoms with Crippen LogP contribution in [0.1, 0.15) is 51.9 Å². The molecule has 0 aromatic rings. The van der Waals surface area contributed by atoms with Gasteiger partial charge in [0.15, 0.2) is 0 Å². The maximum absolute atomic E-state index is 10.3. The fraction of sp³-hybridized carbons (Fsp3) is 0.900. The van der Waals surface area contributed by atoms with Crippen LogP contribution in [0.25, 0.3) is 0 Å². The van der Waals surface area contributed by atoms with Gasteiger partial charge in [0.2, 0.25) is 0 Å². The molecule has 0 unspecified atom stereocenters. The second-order valence-electron chi connectivity index (χ2n) is 3.41. The van der Waals surface area contributed by atoms with Crippen molar-refractivity contribution in [1.82, 2.24) is 5.32 Å². The Labute approximate surface area is 81.1 Å². The number of unbranched alkanes of at least 4 members (excludes halogenated alkanes) is 6. The van der Waals surface area contributed by atoms with Crippen molar-refractivity contribution in [2.45, 2.75) is 51.9 Å². The molecule has 0 fully saturated rings. The van der Waals surface area contributed by atoms with Crippen LogP contribution in [0.5, 0.6) is 0 Å². The second-order valence-corrected chi connectivity index (χ2v) is 3.41. The quantitative estimate of drug-likeness (QED) is 0.562. The van der Waals surface area contributed by atoms with E-state index in [0.29, 0.717) is 0 Å². The molecule has 0 radical (unpaired) electrons. The standard InChI is InChI=1S/C10H22N2O/c1-2-3-4-5-6-7-8-9-12-10(11)13/h2-9H2,1H3,(H3,11,12,13). The van der Waals surface area contributed by atoms with Crippen LogP contribution in [0, 0.1) is 0 Å². The average molecular weight is 186 g/mol. The first kappa shape index (κ1) is 12.3. The molecule has 0 saturated carbocycles. The molecule has 0 aliphatic heterocycles. The molecule has 0 saturated heterocycles. The third kappa shape index (κ3) is 11.3. The number of carbonyl (C=O) groups is 1. The normalized spacial score (nSPS) is 9.92. The fourth-order valence-corrected chi connectivity index (χ4v) is 1.29. The molecule has 0 aliphatic carbocycles. The number of nitrogens with one attached hydrogen (secondary N) is 1. The summed E-state index contributed by atoms with van der Waals surface area (Å²) < 4.78 is 0. The Bertz CT molecular complexity index is 126. The van der Waals surface area contributed by atoms with Crippen molar-refractivity contribution in [1.29, 1.82) is 0 Å². The number of amides is 2. The summed E-state index contributed by atoms with van der Waals surface area (Å²) in [6.07, 6.45) is 8.84. The Morgan fingerprint density at radius 3 is 2.15 bits per heavy atom. The SMILES string of the molecule is CCCCCCCCCNC(N)=O. The summed E-state index contributed by atoms with van der Waals surface area (Å²) in [5.74, 6) is 0. The van der Waals surface area contributed by atoms with Crippen molar-refractivity contribution < 1.29 is 4.79 Å². The first-order valence-corrected chi connectivity index (χ1v) is 5.30. The molecule has 0 aromatic heterocycles. The topological polar surface area (TPSA) is 55.1 Å². The highest BCUT2D eigenvalue weighted by Crippen LogP contribution is 2.05. The van der Waals surface area contributed by atoms with Crippen LogP contribution < -0.4 is 11.1 Å². The number of urea groups is 1. The van der Waals surface area contributed by atoms with Crippen LogP contribution in [0.2, 0.25) is 0 Å². The van der Waals surface area contributed by atoms with E-state index >= 15 is 0 Å². The van der Waals surface area contributed by atoms with E-state index in [-0.39, 0.29) is 0 Å². The number of hydrogen-bond acceptors (Lipinski definition) is 1. The van der Waals surface area contributed by atoms with Gasteiger partial charge >= 0.3 is 6.03 Å². The van der Waals surface area contributed by atoms with Crippen molar-refractivity contribution in [3.05, 3.63) is 0 Å². The van der Waals surface area contributed by atoms with E-state index < -0.39 is 6.03 Å². The molecule has 3 nitrogen and oxygen atoms in total. The van der Waals surface area contributed by atoms with E-state index in [1.165, 1.54) is 38.5 Å². The summed E-state index contributed by atoms with van der Waals surface area (Å²) in [5, 5.41) is 2.59. The molecule has 0 atom stereocenters. The van der Waals surface area contributed by atoms with E-state index in [9.17, 15) is 4.79 Å². The maximum atomic E-state index is 10.3. The lowest BCUT2D eigenvalue weighted by Gasteiger charge is -2.01. The number of carbonyl (C=O) groups excluding carboxylic acids is 1. The molecular formula is C10H22N2O. The average Bonchev–Trinajstić information content (AvgIpc) is 2.09. The molecule has 0 aliphatic rings. The van der Waals surface area contributed by atoms with Crippen LogP contribution in [0.3, 0.4) is 0 Å². The Balaban J connectivity index is 2.87. The predicted molar refractivity (Wildman–Crippen MR) is 55.6 cm³/mol. The van der Waals surface area contributed by atoms with Crippen LogP contribution in [-0.2, 0) is 0 Å². The van der Waals surface area contributed by atoms with Gasteiger partial charge in [0.25, 0.3) is 0 Å². The Hall–Kier alpha value is -0.730. The summed E-state index contributed by atoms with van der Waals surface area (Å²) in [6.45, 7) is 2.94. The van der Waals surface area contributed by atoms with Crippen LogP contribution >= 0.6 is 0 Å². The minimum Gasteiger partial charge on any atom is -0.352 e. The van der Waals surface area contributed by atoms with Gasteiger partial charge in [-0.15, -0.1) is 0 Å². The van der Waals surface area contributed by atoms with Crippen LogP contribution in [0.15, 0.2) is 0 Å². The fourth-order valence-electron chi connectivity index (χ4n) is 1.29. The van der Waals surface area contributed by atoms with Gasteiger partial charge in [-0.2, -0.15) is 0 Å². The zero-order valence-corrected chi connectivity index (χ0v) is 8.64. The smallest absolute Gasteiger partial charge is 0.312 e. The highest BCUT2D eigenvalue weighted by molar-refractivity contribution is 5.71. The lowest BCUT2D eigenvalue weighted by atomic mass is 10.1. The van der Waals surface area contributed by atoms with Crippen molar-refractivity contribution >= 4 is 6.03 Å². The molecule has 78 valence electrons. The first-order valence-electron chi connectivity index (χ1n) is 5.30. The van der Waals surface area contributed by atoms with E-state index in [4.69, 9.17) is 5.73 Å². The van der Waals surface area contributed by atoms with Gasteiger partial charge in [-0.25, -0.2) is 4.79 Å². The Kier molecular flexibility index (Phi) is 8.83. The summed E-state index contributed by atoms with van der Waals surface area (Å²) in [5.41, 5.74) is 4.92. The predicted octanol–water partition coefficient (Wildman–Crippen LogP) is 2.41. The lowest BCUT2D eigenvalue weighted by Crippen LogP contribution is -2.29. The zero-order valence-electron chi connectivity index (χ0n) is 8.64. The van der Waals surface area contributed by atoms with Gasteiger partial charge in [-0.05, 0) is 6.42 Å². The van der Waals surface area contributed by atoms with Crippen LogP contribution in [-0.4, -0.2) is 12.6 Å². The minimum atomic E-state index is -0.411. The van der Waals surface area contributed by atoms with Crippen molar-refractivity contribution in [2.24, 2.45) is 5.73 Å². The molecule has 3 heteroatoms. The molecule has 0 heterocycles. The molecule has 0 spiro atoms. The number of rotatable bonds is 8. The van der Waals surface area contributed by atoms with Gasteiger partial charge in [0, 0.05) is 6.54 Å². The van der Waals surface area contributed by atoms with E-state index in [2.05, 4.69) is 12.2 Å². The van der Waals surface area contributed by atoms with E-state index in [1.807, 2.05) is 0 Å². The van der Waals surface area contributed by atoms with E-state index in [1.54, 1.807) is 0 Å². The molecule has 0 rings (SSSR count). The zero-order chi connectivity index (χ0) is 9.94. The molecule has 3 N–H and O–H groups in total. The van der Waals surface area contributed by atoms with Crippen molar-refractivity contribution in [3.63, 3.8) is 0 Å². The van der Waals surface area contributed by atoms with Gasteiger partial charge in [0.1, 0.15) is 0 Å². The minimum absolute atomic E-state index is 0.411. The number of hydrogen-bond donors (Lipinski definition) is 2. The third-order valence-corrected chi connectivity index (χ3v) is 2.08. The molecule has 13 heavy (non-hydrogen) atoms. The summed E-state index contributed by atoms with van der Waals surface area (Å²) in [7, 11) is 0. The van der Waals surface area contributed by atoms with Crippen molar-refractivity contribution in [3.8, 4) is 0 Å². The Morgan fingerprint density at radius 2 is 1.62 bits per heavy atom. The molecule has 2 amide bonds. The number of nitrogens with two attached hydrogens (primary N) is 1. The monoisotopic (exact) mass is 186 g/mol. The molecule has 0 bridgehead atoms. The van der Waals surface area contributed by atoms with Gasteiger partial charge in [0.05, 0.1) is 0 Å². The summed E-state index contributed by atoms with van der Waals surface area (Å²) in [4.78, 5) is 10.3. The van der Waals surface area contributed by atoms with Gasteiger partial charge in [-0.1, -0.05) is 45.4 Å². The maximum Gasteiger partial charge on any atom is 0.312 e. The van der Waals surface area contributed by atoms with Gasteiger partial charge < -0.3 is 11.1 Å². The molecule has 0 aromatic carbocycles. The van der Waals surface area contributed by atoms with Gasteiger partial charge in [-0.3, -0.25) is 0 Å². The molecular weight excluding hydrogens is 164 g/mol.